The second-order valence-corrected chi connectivity index (χ2v) is 6.39. The van der Waals surface area contributed by atoms with E-state index in [0.29, 0.717) is 25.5 Å². The molecule has 134 valence electrons. The van der Waals surface area contributed by atoms with Gasteiger partial charge in [-0.2, -0.15) is 0 Å². The lowest BCUT2D eigenvalue weighted by molar-refractivity contribution is 0.0690. The van der Waals surface area contributed by atoms with Crippen LogP contribution in [-0.4, -0.2) is 40.6 Å². The summed E-state index contributed by atoms with van der Waals surface area (Å²) in [5.41, 5.74) is 2.37. The normalized spacial score (nSPS) is 16.5. The Morgan fingerprint density at radius 2 is 2.19 bits per heavy atom. The quantitative estimate of drug-likeness (QED) is 0.709. The molecule has 1 atom stereocenters. The topological polar surface area (TPSA) is 60.5 Å². The monoisotopic (exact) mass is 351 g/mol. The number of methoxy groups -OCH3 is 1. The smallest absolute Gasteiger partial charge is 0.289 e. The number of fused-ring (bicyclic) bond motifs is 1. The van der Waals surface area contributed by atoms with Crippen LogP contribution in [0.25, 0.3) is 0 Å². The molecule has 0 bridgehead atoms. The van der Waals surface area contributed by atoms with Gasteiger partial charge in [0.05, 0.1) is 18.8 Å². The Morgan fingerprint density at radius 3 is 3.00 bits per heavy atom. The highest BCUT2D eigenvalue weighted by molar-refractivity contribution is 5.91. The van der Waals surface area contributed by atoms with Crippen molar-refractivity contribution in [3.63, 3.8) is 0 Å². The zero-order valence-corrected chi connectivity index (χ0v) is 14.7. The molecule has 0 spiro atoms. The van der Waals surface area contributed by atoms with E-state index in [2.05, 4.69) is 21.7 Å². The molecule has 0 fully saturated rings. The number of aromatic nitrogens is 2. The van der Waals surface area contributed by atoms with Crippen LogP contribution in [0, 0.1) is 0 Å². The maximum Gasteiger partial charge on any atom is 0.289 e. The zero-order valence-electron chi connectivity index (χ0n) is 14.7. The summed E-state index contributed by atoms with van der Waals surface area (Å²) in [5, 5.41) is 0. The lowest BCUT2D eigenvalue weighted by atomic mass is 9.89. The summed E-state index contributed by atoms with van der Waals surface area (Å²) in [4.78, 5) is 19.3. The van der Waals surface area contributed by atoms with Crippen molar-refractivity contribution in [2.45, 2.75) is 19.0 Å². The van der Waals surface area contributed by atoms with Crippen LogP contribution in [0.5, 0.6) is 0 Å². The molecular weight excluding hydrogens is 330 g/mol. The number of amides is 1. The fourth-order valence-electron chi connectivity index (χ4n) is 3.55. The first-order valence-corrected chi connectivity index (χ1v) is 8.68. The van der Waals surface area contributed by atoms with Crippen LogP contribution in [-0.2, 0) is 17.8 Å². The van der Waals surface area contributed by atoms with Crippen molar-refractivity contribution in [3.05, 3.63) is 77.8 Å². The van der Waals surface area contributed by atoms with Gasteiger partial charge in [0, 0.05) is 39.1 Å². The fraction of sp³-hybridized carbons (Fsp3) is 0.300. The molecule has 0 unspecified atom stereocenters. The molecule has 0 radical (unpaired) electrons. The largest absolute Gasteiger partial charge is 0.459 e. The first-order chi connectivity index (χ1) is 12.8. The van der Waals surface area contributed by atoms with Gasteiger partial charge in [0.1, 0.15) is 5.82 Å². The van der Waals surface area contributed by atoms with E-state index in [1.807, 2.05) is 23.2 Å². The molecular formula is C20H21N3O3. The maximum absolute atomic E-state index is 12.8. The average molecular weight is 351 g/mol. The number of imidazole rings is 1. The lowest BCUT2D eigenvalue weighted by Crippen LogP contribution is -2.39. The Balaban J connectivity index is 1.69. The fourth-order valence-corrected chi connectivity index (χ4v) is 3.55. The third-order valence-corrected chi connectivity index (χ3v) is 4.81. The van der Waals surface area contributed by atoms with Crippen molar-refractivity contribution in [2.75, 3.05) is 20.3 Å². The van der Waals surface area contributed by atoms with Gasteiger partial charge in [0.25, 0.3) is 5.91 Å². The number of rotatable bonds is 5. The second-order valence-electron chi connectivity index (χ2n) is 6.39. The maximum atomic E-state index is 12.8. The van der Waals surface area contributed by atoms with Crippen molar-refractivity contribution in [2.24, 2.45) is 0 Å². The van der Waals surface area contributed by atoms with E-state index < -0.39 is 0 Å². The summed E-state index contributed by atoms with van der Waals surface area (Å²) < 4.78 is 12.6. The average Bonchev–Trinajstić information content (AvgIpc) is 3.36. The molecule has 1 aromatic carbocycles. The number of benzene rings is 1. The summed E-state index contributed by atoms with van der Waals surface area (Å²) in [5.74, 6) is 1.24. The predicted molar refractivity (Wildman–Crippen MR) is 95.8 cm³/mol. The van der Waals surface area contributed by atoms with E-state index in [4.69, 9.17) is 9.15 Å². The zero-order chi connectivity index (χ0) is 17.9. The first-order valence-electron chi connectivity index (χ1n) is 8.68. The molecule has 26 heavy (non-hydrogen) atoms. The van der Waals surface area contributed by atoms with E-state index in [1.165, 1.54) is 11.8 Å². The van der Waals surface area contributed by atoms with Gasteiger partial charge in [0.15, 0.2) is 5.76 Å². The standard InChI is InChI=1S/C20H21N3O3/c1-25-12-10-22-9-8-21-19(22)17-14-23(20(24)18-7-4-11-26-18)13-15-5-2-3-6-16(15)17/h2-9,11,17H,10,12-14H2,1H3/t17-/m0/s1. The Kier molecular flexibility index (Phi) is 4.58. The van der Waals surface area contributed by atoms with E-state index in [9.17, 15) is 4.79 Å². The summed E-state index contributed by atoms with van der Waals surface area (Å²) in [7, 11) is 1.69. The molecule has 0 aliphatic carbocycles. The minimum Gasteiger partial charge on any atom is -0.459 e. The Labute approximate surface area is 152 Å². The highest BCUT2D eigenvalue weighted by Crippen LogP contribution is 2.33. The number of carbonyl (C=O) groups is 1. The molecule has 6 nitrogen and oxygen atoms in total. The molecule has 6 heteroatoms. The predicted octanol–water partition coefficient (Wildman–Crippen LogP) is 2.91. The molecule has 0 saturated carbocycles. The van der Waals surface area contributed by atoms with Gasteiger partial charge >= 0.3 is 0 Å². The summed E-state index contributed by atoms with van der Waals surface area (Å²) in [6.07, 6.45) is 5.30. The van der Waals surface area contributed by atoms with Crippen LogP contribution in [0.4, 0.5) is 0 Å². The van der Waals surface area contributed by atoms with Crippen LogP contribution < -0.4 is 0 Å². The van der Waals surface area contributed by atoms with E-state index in [0.717, 1.165) is 17.9 Å². The minimum absolute atomic E-state index is 0.0192. The Morgan fingerprint density at radius 1 is 1.31 bits per heavy atom. The molecule has 2 aromatic heterocycles. The second kappa shape index (κ2) is 7.17. The summed E-state index contributed by atoms with van der Waals surface area (Å²) in [6.45, 7) is 2.49. The number of carbonyl (C=O) groups excluding carboxylic acids is 1. The lowest BCUT2D eigenvalue weighted by Gasteiger charge is -2.34. The third-order valence-electron chi connectivity index (χ3n) is 4.81. The molecule has 3 heterocycles. The Bertz CT molecular complexity index is 885. The summed E-state index contributed by atoms with van der Waals surface area (Å²) >= 11 is 0. The summed E-state index contributed by atoms with van der Waals surface area (Å²) in [6, 6.07) is 11.7. The van der Waals surface area contributed by atoms with Gasteiger partial charge in [-0.15, -0.1) is 0 Å². The molecule has 3 aromatic rings. The number of ether oxygens (including phenoxy) is 1. The van der Waals surface area contributed by atoms with E-state index in [1.54, 1.807) is 25.4 Å². The van der Waals surface area contributed by atoms with Crippen LogP contribution in [0.2, 0.25) is 0 Å². The SMILES string of the molecule is COCCn1ccnc1[C@H]1CN(C(=O)c2ccco2)Cc2ccccc21. The number of hydrogen-bond donors (Lipinski definition) is 0. The van der Waals surface area contributed by atoms with Crippen LogP contribution >= 0.6 is 0 Å². The van der Waals surface area contributed by atoms with Crippen molar-refractivity contribution in [1.29, 1.82) is 0 Å². The minimum atomic E-state index is -0.0931. The van der Waals surface area contributed by atoms with E-state index in [-0.39, 0.29) is 11.8 Å². The van der Waals surface area contributed by atoms with Gasteiger partial charge in [-0.25, -0.2) is 4.98 Å². The number of nitrogens with zero attached hydrogens (tertiary/aromatic N) is 3. The molecule has 0 N–H and O–H groups in total. The van der Waals surface area contributed by atoms with Gasteiger partial charge in [-0.3, -0.25) is 4.79 Å². The molecule has 4 rings (SSSR count). The number of furan rings is 1. The van der Waals surface area contributed by atoms with Gasteiger partial charge in [-0.1, -0.05) is 24.3 Å². The highest BCUT2D eigenvalue weighted by Gasteiger charge is 2.32. The number of hydrogen-bond acceptors (Lipinski definition) is 4. The molecule has 1 aliphatic rings. The highest BCUT2D eigenvalue weighted by atomic mass is 16.5. The van der Waals surface area contributed by atoms with Crippen LogP contribution in [0.3, 0.4) is 0 Å². The van der Waals surface area contributed by atoms with Crippen molar-refractivity contribution < 1.29 is 13.9 Å². The van der Waals surface area contributed by atoms with Crippen molar-refractivity contribution in [3.8, 4) is 0 Å². The molecule has 0 saturated heterocycles. The van der Waals surface area contributed by atoms with Gasteiger partial charge in [-0.05, 0) is 23.3 Å². The first kappa shape index (κ1) is 16.6. The van der Waals surface area contributed by atoms with Crippen molar-refractivity contribution in [1.82, 2.24) is 14.5 Å². The Hall–Kier alpha value is -2.86. The van der Waals surface area contributed by atoms with Crippen molar-refractivity contribution >= 4 is 5.91 Å². The van der Waals surface area contributed by atoms with Gasteiger partial charge in [0.2, 0.25) is 0 Å². The van der Waals surface area contributed by atoms with Gasteiger partial charge < -0.3 is 18.6 Å². The molecule has 1 aliphatic heterocycles. The van der Waals surface area contributed by atoms with E-state index >= 15 is 0 Å². The molecule has 1 amide bonds. The third kappa shape index (κ3) is 3.04. The van der Waals surface area contributed by atoms with Crippen LogP contribution in [0.15, 0.2) is 59.5 Å². The van der Waals surface area contributed by atoms with Crippen LogP contribution in [0.1, 0.15) is 33.4 Å².